The van der Waals surface area contributed by atoms with E-state index in [9.17, 15) is 14.0 Å². The summed E-state index contributed by atoms with van der Waals surface area (Å²) in [6.45, 7) is 6.57. The molecule has 0 unspecified atom stereocenters. The summed E-state index contributed by atoms with van der Waals surface area (Å²) in [4.78, 5) is 30.5. The summed E-state index contributed by atoms with van der Waals surface area (Å²) >= 11 is 5.98. The van der Waals surface area contributed by atoms with Crippen LogP contribution in [0.15, 0.2) is 35.3 Å². The Balaban J connectivity index is 2.02. The van der Waals surface area contributed by atoms with E-state index >= 15 is 4.39 Å². The summed E-state index contributed by atoms with van der Waals surface area (Å²) in [6, 6.07) is 6.76. The van der Waals surface area contributed by atoms with Gasteiger partial charge in [0.1, 0.15) is 17.1 Å². The van der Waals surface area contributed by atoms with E-state index in [2.05, 4.69) is 15.6 Å². The van der Waals surface area contributed by atoms with Gasteiger partial charge < -0.3 is 15.8 Å². The van der Waals surface area contributed by atoms with E-state index < -0.39 is 40.5 Å². The molecular weight excluding hydrogens is 468 g/mol. The molecule has 2 aromatic rings. The molecule has 1 atom stereocenters. The van der Waals surface area contributed by atoms with Gasteiger partial charge in [-0.1, -0.05) is 17.7 Å². The third-order valence-corrected chi connectivity index (χ3v) is 5.33. The normalized spacial score (nSPS) is 18.4. The number of alkyl carbamates (subject to hydrolysis) is 1. The lowest BCUT2D eigenvalue weighted by Crippen LogP contribution is -2.52. The molecule has 0 radical (unpaired) electrons. The highest BCUT2D eigenvalue weighted by Gasteiger charge is 2.40. The van der Waals surface area contributed by atoms with Crippen molar-refractivity contribution in [2.75, 3.05) is 18.1 Å². The molecule has 2 amide bonds. The largest absolute Gasteiger partial charge is 0.444 e. The van der Waals surface area contributed by atoms with Crippen LogP contribution in [0.25, 0.3) is 0 Å². The van der Waals surface area contributed by atoms with Crippen LogP contribution in [0.1, 0.15) is 39.7 Å². The number of amides is 2. The van der Waals surface area contributed by atoms with E-state index in [1.54, 1.807) is 26.8 Å². The molecule has 0 saturated carbocycles. The van der Waals surface area contributed by atoms with Gasteiger partial charge in [0.25, 0.3) is 0 Å². The Morgan fingerprint density at radius 1 is 1.26 bits per heavy atom. The minimum absolute atomic E-state index is 0.0538. The van der Waals surface area contributed by atoms with Gasteiger partial charge in [-0.2, -0.15) is 0 Å². The Morgan fingerprint density at radius 3 is 2.59 bits per heavy atom. The van der Waals surface area contributed by atoms with E-state index in [4.69, 9.17) is 22.1 Å². The van der Waals surface area contributed by atoms with Crippen LogP contribution < -0.4 is 16.4 Å². The highest BCUT2D eigenvalue weighted by Crippen LogP contribution is 2.39. The topological polar surface area (TPSA) is 109 Å². The summed E-state index contributed by atoms with van der Waals surface area (Å²) < 4.78 is 35.5. The second-order valence-corrected chi connectivity index (χ2v) is 9.54. The first-order valence-corrected chi connectivity index (χ1v) is 10.7. The summed E-state index contributed by atoms with van der Waals surface area (Å²) in [5.74, 6) is -2.38. The molecule has 3 rings (SSSR count). The number of ether oxygens (including phenoxy) is 1. The summed E-state index contributed by atoms with van der Waals surface area (Å²) in [5.41, 5.74) is 3.59. The molecule has 0 bridgehead atoms. The lowest BCUT2D eigenvalue weighted by atomic mass is 9.86. The standard InChI is InChI=1S/C23H26ClF2N5O3/c1-22(2,3)34-21(33)29-20-30-23(4,11-17(32)31(20)5)13-7-8-14(25)19(18(13)26)28-16-10-12(24)6-9-15(16)27/h6-10,28H,11,27H2,1-5H3,(H,29,30,33)/t23-/m0/s1. The predicted molar refractivity (Wildman–Crippen MR) is 127 cm³/mol. The van der Waals surface area contributed by atoms with Gasteiger partial charge in [0.2, 0.25) is 11.9 Å². The van der Waals surface area contributed by atoms with E-state index in [0.717, 1.165) is 11.0 Å². The van der Waals surface area contributed by atoms with Crippen molar-refractivity contribution in [3.05, 3.63) is 52.6 Å². The SMILES string of the molecule is CN1C(=O)C[C@@](C)(c2ccc(F)c(Nc3cc(Cl)ccc3N)c2F)N=C1NC(=O)OC(C)(C)C. The quantitative estimate of drug-likeness (QED) is 0.527. The van der Waals surface area contributed by atoms with Gasteiger partial charge in [-0.3, -0.25) is 15.0 Å². The second kappa shape index (κ2) is 9.09. The summed E-state index contributed by atoms with van der Waals surface area (Å²) in [5, 5.41) is 5.40. The van der Waals surface area contributed by atoms with E-state index in [1.165, 1.54) is 32.2 Å². The maximum absolute atomic E-state index is 15.6. The molecule has 8 nitrogen and oxygen atoms in total. The molecule has 11 heteroatoms. The Labute approximate surface area is 201 Å². The summed E-state index contributed by atoms with van der Waals surface area (Å²) in [6.07, 6.45) is -1.04. The van der Waals surface area contributed by atoms with Crippen LogP contribution >= 0.6 is 11.6 Å². The van der Waals surface area contributed by atoms with Crippen molar-refractivity contribution in [2.45, 2.75) is 45.3 Å². The first kappa shape index (κ1) is 25.2. The lowest BCUT2D eigenvalue weighted by molar-refractivity contribution is -0.128. The number of nitrogens with one attached hydrogen (secondary N) is 2. The zero-order valence-electron chi connectivity index (χ0n) is 19.4. The molecule has 1 aliphatic heterocycles. The number of nitrogen functional groups attached to an aromatic ring is 1. The molecule has 0 fully saturated rings. The van der Waals surface area contributed by atoms with Crippen molar-refractivity contribution in [1.82, 2.24) is 10.2 Å². The molecule has 1 heterocycles. The van der Waals surface area contributed by atoms with E-state index in [1.807, 2.05) is 0 Å². The van der Waals surface area contributed by atoms with Crippen molar-refractivity contribution in [3.63, 3.8) is 0 Å². The van der Waals surface area contributed by atoms with Crippen LogP contribution in [0.5, 0.6) is 0 Å². The second-order valence-electron chi connectivity index (χ2n) is 9.11. The van der Waals surface area contributed by atoms with Crippen LogP contribution in [0.3, 0.4) is 0 Å². The van der Waals surface area contributed by atoms with Crippen molar-refractivity contribution >= 4 is 46.6 Å². The van der Waals surface area contributed by atoms with Gasteiger partial charge in [0, 0.05) is 17.6 Å². The molecular formula is C23H26ClF2N5O3. The van der Waals surface area contributed by atoms with Gasteiger partial charge in [0.05, 0.1) is 23.3 Å². The van der Waals surface area contributed by atoms with E-state index in [0.29, 0.717) is 5.02 Å². The zero-order chi connectivity index (χ0) is 25.4. The van der Waals surface area contributed by atoms with Gasteiger partial charge in [-0.05, 0) is 52.0 Å². The number of hydrogen-bond acceptors (Lipinski definition) is 6. The Morgan fingerprint density at radius 2 is 1.94 bits per heavy atom. The number of carbonyl (C=O) groups is 2. The summed E-state index contributed by atoms with van der Waals surface area (Å²) in [7, 11) is 1.42. The average molecular weight is 494 g/mol. The molecule has 0 aromatic heterocycles. The molecule has 4 N–H and O–H groups in total. The van der Waals surface area contributed by atoms with Crippen molar-refractivity contribution in [2.24, 2.45) is 4.99 Å². The van der Waals surface area contributed by atoms with Gasteiger partial charge in [0.15, 0.2) is 5.82 Å². The van der Waals surface area contributed by atoms with Gasteiger partial charge in [-0.25, -0.2) is 18.6 Å². The minimum Gasteiger partial charge on any atom is -0.444 e. The van der Waals surface area contributed by atoms with Gasteiger partial charge >= 0.3 is 6.09 Å². The molecule has 0 aliphatic carbocycles. The smallest absolute Gasteiger partial charge is 0.414 e. The Bertz CT molecular complexity index is 1180. The molecule has 1 aliphatic rings. The third-order valence-electron chi connectivity index (χ3n) is 5.10. The van der Waals surface area contributed by atoms with E-state index in [-0.39, 0.29) is 29.3 Å². The third kappa shape index (κ3) is 5.39. The van der Waals surface area contributed by atoms with Crippen LogP contribution in [0.2, 0.25) is 5.02 Å². The number of nitrogens with two attached hydrogens (primary N) is 1. The van der Waals surface area contributed by atoms with Crippen LogP contribution in [-0.4, -0.2) is 35.5 Å². The number of benzene rings is 2. The zero-order valence-corrected chi connectivity index (χ0v) is 20.2. The molecule has 34 heavy (non-hydrogen) atoms. The van der Waals surface area contributed by atoms with Gasteiger partial charge in [-0.15, -0.1) is 0 Å². The highest BCUT2D eigenvalue weighted by atomic mass is 35.5. The maximum atomic E-state index is 15.6. The van der Waals surface area contributed by atoms with Crippen molar-refractivity contribution in [1.29, 1.82) is 0 Å². The van der Waals surface area contributed by atoms with Crippen LogP contribution in [0.4, 0.5) is 30.6 Å². The number of guanidine groups is 1. The highest BCUT2D eigenvalue weighted by molar-refractivity contribution is 6.31. The Kier molecular flexibility index (Phi) is 6.75. The molecule has 182 valence electrons. The fourth-order valence-electron chi connectivity index (χ4n) is 3.40. The Hall–Kier alpha value is -3.40. The average Bonchev–Trinajstić information content (AvgIpc) is 2.70. The first-order valence-electron chi connectivity index (χ1n) is 10.4. The number of carbonyl (C=O) groups excluding carboxylic acids is 2. The number of nitrogens with zero attached hydrogens (tertiary/aromatic N) is 2. The molecule has 2 aromatic carbocycles. The lowest BCUT2D eigenvalue weighted by Gasteiger charge is -2.35. The van der Waals surface area contributed by atoms with Crippen molar-refractivity contribution < 1.29 is 23.1 Å². The number of rotatable bonds is 3. The fourth-order valence-corrected chi connectivity index (χ4v) is 3.57. The fraction of sp³-hybridized carbons (Fsp3) is 0.348. The minimum atomic E-state index is -1.44. The predicted octanol–water partition coefficient (Wildman–Crippen LogP) is 4.90. The monoisotopic (exact) mass is 493 g/mol. The van der Waals surface area contributed by atoms with Crippen LogP contribution in [-0.2, 0) is 15.1 Å². The van der Waals surface area contributed by atoms with Crippen LogP contribution in [0, 0.1) is 11.6 Å². The number of aliphatic imine (C=N–C) groups is 1. The first-order chi connectivity index (χ1) is 15.7. The number of anilines is 3. The number of halogens is 3. The maximum Gasteiger partial charge on any atom is 0.414 e. The number of hydrogen-bond donors (Lipinski definition) is 3. The molecule has 0 saturated heterocycles. The van der Waals surface area contributed by atoms with Crippen molar-refractivity contribution in [3.8, 4) is 0 Å². The molecule has 0 spiro atoms.